The maximum absolute atomic E-state index is 12.3. The maximum Gasteiger partial charge on any atom is 0.336 e. The molecule has 9 nitrogen and oxygen atoms in total. The van der Waals surface area contributed by atoms with Crippen LogP contribution in [0.4, 0.5) is 0 Å². The molecule has 0 saturated carbocycles. The Labute approximate surface area is 138 Å². The topological polar surface area (TPSA) is 145 Å². The molecule has 0 heterocycles. The lowest BCUT2D eigenvalue weighted by molar-refractivity contribution is -0.128. The normalized spacial score (nSPS) is 11.9. The van der Waals surface area contributed by atoms with Crippen molar-refractivity contribution in [2.24, 2.45) is 0 Å². The van der Waals surface area contributed by atoms with E-state index in [9.17, 15) is 22.8 Å². The zero-order valence-electron chi connectivity index (χ0n) is 12.9. The first-order chi connectivity index (χ1) is 11.1. The number of likely N-dealkylation sites (N-methyl/N-ethyl adjacent to an activating group) is 1. The van der Waals surface area contributed by atoms with Gasteiger partial charge in [0, 0.05) is 13.3 Å². The lowest BCUT2D eigenvalue weighted by atomic mass is 10.1. The van der Waals surface area contributed by atoms with E-state index < -0.39 is 39.4 Å². The fourth-order valence-electron chi connectivity index (χ4n) is 1.86. The van der Waals surface area contributed by atoms with Crippen LogP contribution in [0, 0.1) is 11.5 Å². The molecule has 0 aromatic heterocycles. The van der Waals surface area contributed by atoms with Gasteiger partial charge in [-0.05, 0) is 12.1 Å². The number of carboxylic acids is 1. The summed E-state index contributed by atoms with van der Waals surface area (Å²) in [5.41, 5.74) is -0.523. The zero-order valence-corrected chi connectivity index (χ0v) is 13.7. The van der Waals surface area contributed by atoms with Crippen LogP contribution in [-0.4, -0.2) is 61.3 Å². The van der Waals surface area contributed by atoms with E-state index >= 15 is 0 Å². The quantitative estimate of drug-likeness (QED) is 0.516. The van der Waals surface area contributed by atoms with Crippen molar-refractivity contribution in [3.63, 3.8) is 0 Å². The molecule has 0 saturated heterocycles. The molecular formula is C14H15N3O6S. The number of rotatable bonds is 6. The van der Waals surface area contributed by atoms with Crippen LogP contribution in [0.1, 0.15) is 20.7 Å². The first-order valence-electron chi connectivity index (χ1n) is 6.55. The number of carbonyl (C=O) groups excluding carboxylic acids is 2. The number of carbonyl (C=O) groups is 3. The molecule has 2 amide bonds. The van der Waals surface area contributed by atoms with Gasteiger partial charge in [-0.3, -0.25) is 14.5 Å². The molecule has 0 spiro atoms. The maximum atomic E-state index is 12.3. The summed E-state index contributed by atoms with van der Waals surface area (Å²) in [4.78, 5) is 36.0. The van der Waals surface area contributed by atoms with E-state index in [1.54, 1.807) is 0 Å². The van der Waals surface area contributed by atoms with E-state index in [2.05, 4.69) is 5.32 Å². The lowest BCUT2D eigenvalue weighted by Gasteiger charge is -2.19. The number of amides is 2. The molecule has 1 rings (SSSR count). The third kappa shape index (κ3) is 5.06. The average molecular weight is 353 g/mol. The van der Waals surface area contributed by atoms with Gasteiger partial charge in [0.05, 0.1) is 16.9 Å². The number of hydrogen-bond acceptors (Lipinski definition) is 6. The van der Waals surface area contributed by atoms with Crippen molar-refractivity contribution in [2.75, 3.05) is 19.1 Å². The molecule has 0 aliphatic carbocycles. The molecule has 1 atom stereocenters. The van der Waals surface area contributed by atoms with Crippen LogP contribution in [0.5, 0.6) is 0 Å². The van der Waals surface area contributed by atoms with Crippen LogP contribution in [0.25, 0.3) is 0 Å². The number of sulfone groups is 1. The molecule has 0 bridgehead atoms. The molecule has 0 aliphatic rings. The second kappa shape index (κ2) is 7.56. The zero-order chi connectivity index (χ0) is 18.5. The van der Waals surface area contributed by atoms with E-state index in [0.29, 0.717) is 4.90 Å². The highest BCUT2D eigenvalue weighted by Gasteiger charge is 2.29. The average Bonchev–Trinajstić information content (AvgIpc) is 2.51. The minimum Gasteiger partial charge on any atom is -0.478 e. The number of benzene rings is 1. The van der Waals surface area contributed by atoms with Crippen LogP contribution >= 0.6 is 0 Å². The smallest absolute Gasteiger partial charge is 0.336 e. The van der Waals surface area contributed by atoms with Crippen LogP contribution in [0.2, 0.25) is 0 Å². The molecule has 0 aliphatic heterocycles. The highest BCUT2D eigenvalue weighted by Crippen LogP contribution is 2.09. The van der Waals surface area contributed by atoms with E-state index in [0.717, 1.165) is 13.3 Å². The van der Waals surface area contributed by atoms with Crippen molar-refractivity contribution in [3.05, 3.63) is 35.4 Å². The molecule has 1 unspecified atom stereocenters. The Balaban J connectivity index is 3.15. The van der Waals surface area contributed by atoms with Crippen LogP contribution in [0.15, 0.2) is 24.3 Å². The van der Waals surface area contributed by atoms with Crippen molar-refractivity contribution in [1.29, 1.82) is 5.26 Å². The lowest BCUT2D eigenvalue weighted by Crippen LogP contribution is -2.49. The first-order valence-corrected chi connectivity index (χ1v) is 8.61. The Morgan fingerprint density at radius 1 is 1.29 bits per heavy atom. The van der Waals surface area contributed by atoms with E-state index in [-0.39, 0.29) is 11.1 Å². The van der Waals surface area contributed by atoms with Crippen LogP contribution in [0.3, 0.4) is 0 Å². The Bertz CT molecular complexity index is 812. The van der Waals surface area contributed by atoms with Gasteiger partial charge in [-0.2, -0.15) is 5.26 Å². The fourth-order valence-corrected chi connectivity index (χ4v) is 2.70. The monoisotopic (exact) mass is 353 g/mol. The van der Waals surface area contributed by atoms with Gasteiger partial charge < -0.3 is 10.4 Å². The molecule has 24 heavy (non-hydrogen) atoms. The molecule has 0 fully saturated rings. The van der Waals surface area contributed by atoms with Crippen LogP contribution in [-0.2, 0) is 14.6 Å². The fraction of sp³-hybridized carbons (Fsp3) is 0.286. The molecular weight excluding hydrogens is 338 g/mol. The Hall–Kier alpha value is -2.93. The van der Waals surface area contributed by atoms with E-state index in [1.807, 2.05) is 0 Å². The minimum absolute atomic E-state index is 0.226. The largest absolute Gasteiger partial charge is 0.478 e. The van der Waals surface area contributed by atoms with Gasteiger partial charge in [0.1, 0.15) is 15.9 Å². The Morgan fingerprint density at radius 2 is 1.83 bits per heavy atom. The predicted molar refractivity (Wildman–Crippen MR) is 82.7 cm³/mol. The second-order valence-electron chi connectivity index (χ2n) is 4.97. The molecule has 0 radical (unpaired) electrons. The summed E-state index contributed by atoms with van der Waals surface area (Å²) < 4.78 is 22.9. The molecule has 10 heteroatoms. The number of nitrogens with one attached hydrogen (secondary N) is 1. The van der Waals surface area contributed by atoms with Gasteiger partial charge in [0.25, 0.3) is 11.8 Å². The van der Waals surface area contributed by atoms with Crippen molar-refractivity contribution in [1.82, 2.24) is 10.2 Å². The van der Waals surface area contributed by atoms with Crippen LogP contribution < -0.4 is 5.32 Å². The number of hydrogen-bond donors (Lipinski definition) is 2. The summed E-state index contributed by atoms with van der Waals surface area (Å²) in [5.74, 6) is -3.93. The van der Waals surface area contributed by atoms with E-state index in [1.165, 1.54) is 30.5 Å². The SMILES string of the molecule is CN(C#N)C(=O)C(CS(C)(=O)=O)NC(=O)c1ccccc1C(=O)O. The number of nitriles is 1. The summed E-state index contributed by atoms with van der Waals surface area (Å²) in [6.45, 7) is 0. The van der Waals surface area contributed by atoms with Gasteiger partial charge >= 0.3 is 5.97 Å². The summed E-state index contributed by atoms with van der Waals surface area (Å²) in [7, 11) is -2.53. The van der Waals surface area contributed by atoms with Gasteiger partial charge in [-0.15, -0.1) is 0 Å². The highest BCUT2D eigenvalue weighted by molar-refractivity contribution is 7.90. The van der Waals surface area contributed by atoms with Crippen molar-refractivity contribution >= 4 is 27.6 Å². The third-order valence-electron chi connectivity index (χ3n) is 2.96. The molecule has 2 N–H and O–H groups in total. The first kappa shape index (κ1) is 19.1. The van der Waals surface area contributed by atoms with Gasteiger partial charge in [0.2, 0.25) is 0 Å². The summed E-state index contributed by atoms with van der Waals surface area (Å²) in [6.07, 6.45) is 2.39. The summed E-state index contributed by atoms with van der Waals surface area (Å²) >= 11 is 0. The van der Waals surface area contributed by atoms with Crippen molar-refractivity contribution in [2.45, 2.75) is 6.04 Å². The van der Waals surface area contributed by atoms with Gasteiger partial charge in [-0.25, -0.2) is 13.2 Å². The van der Waals surface area contributed by atoms with Gasteiger partial charge in [-0.1, -0.05) is 12.1 Å². The van der Waals surface area contributed by atoms with E-state index in [4.69, 9.17) is 10.4 Å². The number of carboxylic acid groups (broad SMARTS) is 1. The van der Waals surface area contributed by atoms with Gasteiger partial charge in [0.15, 0.2) is 6.19 Å². The summed E-state index contributed by atoms with van der Waals surface area (Å²) in [5, 5.41) is 20.0. The standard InChI is InChI=1S/C14H15N3O6S/c1-17(8-15)13(19)11(7-24(2,22)23)16-12(18)9-5-3-4-6-10(9)14(20)21/h3-6,11H,7H2,1-2H3,(H,16,18)(H,20,21). The second-order valence-corrected chi connectivity index (χ2v) is 7.15. The predicted octanol–water partition coefficient (Wildman–Crippen LogP) is -0.533. The summed E-state index contributed by atoms with van der Waals surface area (Å²) in [6, 6.07) is 3.76. The molecule has 1 aromatic carbocycles. The highest BCUT2D eigenvalue weighted by atomic mass is 32.2. The van der Waals surface area contributed by atoms with Crippen molar-refractivity contribution in [3.8, 4) is 6.19 Å². The Kier molecular flexibility index (Phi) is 6.02. The third-order valence-corrected chi connectivity index (χ3v) is 3.89. The molecule has 1 aromatic rings. The van der Waals surface area contributed by atoms with Crippen molar-refractivity contribution < 1.29 is 27.9 Å². The molecule has 128 valence electrons. The minimum atomic E-state index is -3.65. The Morgan fingerprint density at radius 3 is 2.29 bits per heavy atom. The number of nitrogens with zero attached hydrogens (tertiary/aromatic N) is 2. The number of aromatic carboxylic acids is 1.